The van der Waals surface area contributed by atoms with Crippen LogP contribution >= 0.6 is 0 Å². The van der Waals surface area contributed by atoms with E-state index in [4.69, 9.17) is 5.73 Å². The van der Waals surface area contributed by atoms with Gasteiger partial charge in [0.25, 0.3) is 5.91 Å². The van der Waals surface area contributed by atoms with E-state index >= 15 is 0 Å². The van der Waals surface area contributed by atoms with Gasteiger partial charge in [0.15, 0.2) is 0 Å². The first kappa shape index (κ1) is 15.7. The molecule has 0 aliphatic heterocycles. The van der Waals surface area contributed by atoms with Gasteiger partial charge in [-0.05, 0) is 49.8 Å². The summed E-state index contributed by atoms with van der Waals surface area (Å²) >= 11 is 0. The number of hydrogen-bond acceptors (Lipinski definition) is 3. The number of benzene rings is 1. The maximum Gasteiger partial charge on any atom is 0.251 e. The van der Waals surface area contributed by atoms with Crippen LogP contribution in [-0.4, -0.2) is 19.0 Å². The Kier molecular flexibility index (Phi) is 5.48. The summed E-state index contributed by atoms with van der Waals surface area (Å²) in [6.07, 6.45) is 7.59. The van der Waals surface area contributed by atoms with Gasteiger partial charge in [0.1, 0.15) is 0 Å². The standard InChI is InChI=1S/C17H27N3O/c1-3-4-12-5-8-14(9-6-12)20-16-11-13(17(21)19-2)7-10-15(16)18/h7,10-12,14,20H,3-6,8-9,18H2,1-2H3,(H,19,21). The van der Waals surface area contributed by atoms with Crippen molar-refractivity contribution in [3.05, 3.63) is 23.8 Å². The summed E-state index contributed by atoms with van der Waals surface area (Å²) in [6.45, 7) is 2.26. The largest absolute Gasteiger partial charge is 0.397 e. The van der Waals surface area contributed by atoms with Gasteiger partial charge in [-0.25, -0.2) is 0 Å². The molecule has 21 heavy (non-hydrogen) atoms. The highest BCUT2D eigenvalue weighted by molar-refractivity contribution is 5.96. The molecule has 1 amide bonds. The molecular formula is C17H27N3O. The molecule has 0 radical (unpaired) electrons. The summed E-state index contributed by atoms with van der Waals surface area (Å²) in [6, 6.07) is 5.89. The van der Waals surface area contributed by atoms with Crippen molar-refractivity contribution in [2.24, 2.45) is 5.92 Å². The molecule has 1 saturated carbocycles. The number of carbonyl (C=O) groups is 1. The molecule has 0 spiro atoms. The van der Waals surface area contributed by atoms with Crippen molar-refractivity contribution in [1.82, 2.24) is 5.32 Å². The summed E-state index contributed by atoms with van der Waals surface area (Å²) in [7, 11) is 1.64. The van der Waals surface area contributed by atoms with Gasteiger partial charge in [0, 0.05) is 18.7 Å². The van der Waals surface area contributed by atoms with Crippen LogP contribution in [0.1, 0.15) is 55.8 Å². The van der Waals surface area contributed by atoms with Gasteiger partial charge in [-0.15, -0.1) is 0 Å². The van der Waals surface area contributed by atoms with Crippen molar-refractivity contribution >= 4 is 17.3 Å². The first-order valence-electron chi connectivity index (χ1n) is 8.02. The minimum atomic E-state index is -0.0790. The van der Waals surface area contributed by atoms with E-state index in [9.17, 15) is 4.79 Å². The van der Waals surface area contributed by atoms with Gasteiger partial charge in [-0.1, -0.05) is 19.8 Å². The fourth-order valence-electron chi connectivity index (χ4n) is 3.19. The maximum absolute atomic E-state index is 11.7. The molecule has 0 heterocycles. The third-order valence-electron chi connectivity index (χ3n) is 4.45. The molecule has 1 aromatic rings. The van der Waals surface area contributed by atoms with Crippen LogP contribution in [0.5, 0.6) is 0 Å². The van der Waals surface area contributed by atoms with Crippen LogP contribution in [0.3, 0.4) is 0 Å². The number of nitrogen functional groups attached to an aromatic ring is 1. The summed E-state index contributed by atoms with van der Waals surface area (Å²) in [5.41, 5.74) is 8.27. The maximum atomic E-state index is 11.7. The fraction of sp³-hybridized carbons (Fsp3) is 0.588. The summed E-state index contributed by atoms with van der Waals surface area (Å²) in [5.74, 6) is 0.812. The molecule has 2 rings (SSSR count). The Labute approximate surface area is 127 Å². The Morgan fingerprint density at radius 3 is 2.62 bits per heavy atom. The van der Waals surface area contributed by atoms with Crippen molar-refractivity contribution in [2.45, 2.75) is 51.5 Å². The lowest BCUT2D eigenvalue weighted by molar-refractivity contribution is 0.0963. The second-order valence-corrected chi connectivity index (χ2v) is 6.03. The minimum Gasteiger partial charge on any atom is -0.397 e. The summed E-state index contributed by atoms with van der Waals surface area (Å²) < 4.78 is 0. The van der Waals surface area contributed by atoms with Gasteiger partial charge in [0.2, 0.25) is 0 Å². The average Bonchev–Trinajstić information content (AvgIpc) is 2.51. The highest BCUT2D eigenvalue weighted by Crippen LogP contribution is 2.31. The Hall–Kier alpha value is -1.71. The molecule has 4 N–H and O–H groups in total. The number of carbonyl (C=O) groups excluding carboxylic acids is 1. The second kappa shape index (κ2) is 7.34. The first-order valence-corrected chi connectivity index (χ1v) is 8.02. The zero-order valence-electron chi connectivity index (χ0n) is 13.1. The molecular weight excluding hydrogens is 262 g/mol. The number of hydrogen-bond donors (Lipinski definition) is 3. The zero-order valence-corrected chi connectivity index (χ0v) is 13.1. The molecule has 1 aromatic carbocycles. The SMILES string of the molecule is CCCC1CCC(Nc2cc(C(=O)NC)ccc2N)CC1. The highest BCUT2D eigenvalue weighted by Gasteiger charge is 2.21. The number of amides is 1. The van der Waals surface area contributed by atoms with E-state index in [1.165, 1.54) is 38.5 Å². The molecule has 4 heteroatoms. The van der Waals surface area contributed by atoms with E-state index in [0.29, 0.717) is 17.3 Å². The number of anilines is 2. The highest BCUT2D eigenvalue weighted by atomic mass is 16.1. The first-order chi connectivity index (χ1) is 10.1. The lowest BCUT2D eigenvalue weighted by atomic mass is 9.83. The van der Waals surface area contributed by atoms with E-state index < -0.39 is 0 Å². The molecule has 0 aromatic heterocycles. The van der Waals surface area contributed by atoms with Crippen molar-refractivity contribution in [3.63, 3.8) is 0 Å². The number of nitrogens with two attached hydrogens (primary N) is 1. The zero-order chi connectivity index (χ0) is 15.2. The van der Waals surface area contributed by atoms with E-state index in [2.05, 4.69) is 17.6 Å². The van der Waals surface area contributed by atoms with Crippen LogP contribution in [0.15, 0.2) is 18.2 Å². The van der Waals surface area contributed by atoms with Crippen molar-refractivity contribution < 1.29 is 4.79 Å². The molecule has 1 aliphatic rings. The second-order valence-electron chi connectivity index (χ2n) is 6.03. The molecule has 0 unspecified atom stereocenters. The van der Waals surface area contributed by atoms with Crippen LogP contribution in [0.25, 0.3) is 0 Å². The van der Waals surface area contributed by atoms with Gasteiger partial charge < -0.3 is 16.4 Å². The minimum absolute atomic E-state index is 0.0790. The third-order valence-corrected chi connectivity index (χ3v) is 4.45. The average molecular weight is 289 g/mol. The van der Waals surface area contributed by atoms with E-state index in [-0.39, 0.29) is 5.91 Å². The molecule has 0 atom stereocenters. The van der Waals surface area contributed by atoms with E-state index in [0.717, 1.165) is 11.6 Å². The Balaban J connectivity index is 1.98. The van der Waals surface area contributed by atoms with Crippen LogP contribution < -0.4 is 16.4 Å². The molecule has 4 nitrogen and oxygen atoms in total. The third kappa shape index (κ3) is 4.13. The summed E-state index contributed by atoms with van der Waals surface area (Å²) in [5, 5.41) is 6.17. The summed E-state index contributed by atoms with van der Waals surface area (Å²) in [4.78, 5) is 11.7. The number of nitrogens with one attached hydrogen (secondary N) is 2. The van der Waals surface area contributed by atoms with E-state index in [1.807, 2.05) is 6.07 Å². The van der Waals surface area contributed by atoms with Crippen LogP contribution in [0, 0.1) is 5.92 Å². The van der Waals surface area contributed by atoms with Gasteiger partial charge >= 0.3 is 0 Å². The van der Waals surface area contributed by atoms with Crippen molar-refractivity contribution in [3.8, 4) is 0 Å². The molecule has 1 aliphatic carbocycles. The van der Waals surface area contributed by atoms with Crippen LogP contribution in [0.4, 0.5) is 11.4 Å². The molecule has 0 bridgehead atoms. The Morgan fingerprint density at radius 2 is 2.00 bits per heavy atom. The van der Waals surface area contributed by atoms with E-state index in [1.54, 1.807) is 19.2 Å². The lowest BCUT2D eigenvalue weighted by Crippen LogP contribution is -2.26. The quantitative estimate of drug-likeness (QED) is 0.728. The van der Waals surface area contributed by atoms with Crippen molar-refractivity contribution in [1.29, 1.82) is 0 Å². The van der Waals surface area contributed by atoms with Crippen LogP contribution in [-0.2, 0) is 0 Å². The van der Waals surface area contributed by atoms with Crippen LogP contribution in [0.2, 0.25) is 0 Å². The topological polar surface area (TPSA) is 67.2 Å². The van der Waals surface area contributed by atoms with Gasteiger partial charge in [0.05, 0.1) is 11.4 Å². The van der Waals surface area contributed by atoms with Gasteiger partial charge in [-0.2, -0.15) is 0 Å². The predicted octanol–water partition coefficient (Wildman–Crippen LogP) is 3.40. The molecule has 116 valence electrons. The Bertz CT molecular complexity index is 479. The fourth-order valence-corrected chi connectivity index (χ4v) is 3.19. The predicted molar refractivity (Wildman–Crippen MR) is 88.5 cm³/mol. The Morgan fingerprint density at radius 1 is 1.29 bits per heavy atom. The smallest absolute Gasteiger partial charge is 0.251 e. The normalized spacial score (nSPS) is 21.8. The molecule has 0 saturated heterocycles. The van der Waals surface area contributed by atoms with Crippen molar-refractivity contribution in [2.75, 3.05) is 18.1 Å². The monoisotopic (exact) mass is 289 g/mol. The lowest BCUT2D eigenvalue weighted by Gasteiger charge is -2.30. The number of rotatable bonds is 5. The van der Waals surface area contributed by atoms with Gasteiger partial charge in [-0.3, -0.25) is 4.79 Å². The molecule has 1 fully saturated rings.